The number of hydrogen-bond acceptors (Lipinski definition) is 3. The standard InChI is InChI=1S/C17H11Cl2NOS2/c18-13-7-6-12(14(19)9-13)8-15-16(21)20(17(22)23-15)10-11-4-2-1-3-5-11/h1-9H,10H2. The molecule has 116 valence electrons. The fourth-order valence-corrected chi connectivity index (χ4v) is 3.87. The van der Waals surface area contributed by atoms with E-state index in [1.807, 2.05) is 30.3 Å². The number of amides is 1. The zero-order valence-electron chi connectivity index (χ0n) is 11.8. The van der Waals surface area contributed by atoms with Crippen LogP contribution in [0.5, 0.6) is 0 Å². The Kier molecular flexibility index (Phi) is 5.07. The summed E-state index contributed by atoms with van der Waals surface area (Å²) >= 11 is 18.7. The van der Waals surface area contributed by atoms with Gasteiger partial charge in [-0.1, -0.05) is 83.6 Å². The van der Waals surface area contributed by atoms with Crippen LogP contribution >= 0.6 is 47.2 Å². The highest BCUT2D eigenvalue weighted by Gasteiger charge is 2.32. The van der Waals surface area contributed by atoms with Crippen LogP contribution in [0.25, 0.3) is 6.08 Å². The minimum absolute atomic E-state index is 0.102. The van der Waals surface area contributed by atoms with E-state index in [2.05, 4.69) is 0 Å². The van der Waals surface area contributed by atoms with Gasteiger partial charge in [-0.2, -0.15) is 0 Å². The molecule has 6 heteroatoms. The van der Waals surface area contributed by atoms with Crippen molar-refractivity contribution < 1.29 is 4.79 Å². The molecule has 1 fully saturated rings. The monoisotopic (exact) mass is 379 g/mol. The smallest absolute Gasteiger partial charge is 0.266 e. The fraction of sp³-hybridized carbons (Fsp3) is 0.0588. The molecule has 1 aliphatic rings. The molecular formula is C17H11Cl2NOS2. The molecule has 0 aromatic heterocycles. The lowest BCUT2D eigenvalue weighted by molar-refractivity contribution is -0.122. The average molecular weight is 380 g/mol. The van der Waals surface area contributed by atoms with Crippen LogP contribution in [0.3, 0.4) is 0 Å². The first-order chi connectivity index (χ1) is 11.0. The summed E-state index contributed by atoms with van der Waals surface area (Å²) in [6.45, 7) is 0.469. The van der Waals surface area contributed by atoms with E-state index in [1.165, 1.54) is 11.8 Å². The van der Waals surface area contributed by atoms with Crippen molar-refractivity contribution in [2.75, 3.05) is 0 Å². The second-order valence-electron chi connectivity index (χ2n) is 4.92. The number of nitrogens with zero attached hydrogens (tertiary/aromatic N) is 1. The van der Waals surface area contributed by atoms with Crippen LogP contribution in [-0.4, -0.2) is 15.1 Å². The van der Waals surface area contributed by atoms with Crippen LogP contribution in [0.4, 0.5) is 0 Å². The van der Waals surface area contributed by atoms with Gasteiger partial charge >= 0.3 is 0 Å². The van der Waals surface area contributed by atoms with Gasteiger partial charge in [-0.3, -0.25) is 9.69 Å². The van der Waals surface area contributed by atoms with Gasteiger partial charge in [0.25, 0.3) is 5.91 Å². The van der Waals surface area contributed by atoms with Crippen LogP contribution in [0.1, 0.15) is 11.1 Å². The summed E-state index contributed by atoms with van der Waals surface area (Å²) < 4.78 is 0.551. The van der Waals surface area contributed by atoms with Gasteiger partial charge < -0.3 is 0 Å². The largest absolute Gasteiger partial charge is 0.288 e. The van der Waals surface area contributed by atoms with Gasteiger partial charge in [0, 0.05) is 10.0 Å². The summed E-state index contributed by atoms with van der Waals surface area (Å²) in [7, 11) is 0. The van der Waals surface area contributed by atoms with Crippen molar-refractivity contribution in [3.63, 3.8) is 0 Å². The maximum absolute atomic E-state index is 12.6. The predicted octanol–water partition coefficient (Wildman–Crippen LogP) is 5.39. The Bertz CT molecular complexity index is 805. The van der Waals surface area contributed by atoms with E-state index in [1.54, 1.807) is 29.2 Å². The number of thiocarbonyl (C=S) groups is 1. The Morgan fingerprint density at radius 1 is 1.13 bits per heavy atom. The summed E-state index contributed by atoms with van der Waals surface area (Å²) in [6, 6.07) is 14.9. The summed E-state index contributed by atoms with van der Waals surface area (Å²) in [5, 5.41) is 1.06. The molecule has 0 unspecified atom stereocenters. The van der Waals surface area contributed by atoms with Gasteiger partial charge in [0.2, 0.25) is 0 Å². The van der Waals surface area contributed by atoms with Crippen molar-refractivity contribution in [3.8, 4) is 0 Å². The highest BCUT2D eigenvalue weighted by molar-refractivity contribution is 8.26. The van der Waals surface area contributed by atoms with Gasteiger partial charge in [0.05, 0.1) is 11.4 Å². The number of carbonyl (C=O) groups is 1. The Balaban J connectivity index is 1.84. The molecule has 1 amide bonds. The number of benzene rings is 2. The molecule has 1 heterocycles. The van der Waals surface area contributed by atoms with E-state index in [-0.39, 0.29) is 5.91 Å². The second-order valence-corrected chi connectivity index (χ2v) is 7.44. The SMILES string of the molecule is O=C1C(=Cc2ccc(Cl)cc2Cl)SC(=S)N1Cc1ccccc1. The highest BCUT2D eigenvalue weighted by Crippen LogP contribution is 2.35. The van der Waals surface area contributed by atoms with Crippen molar-refractivity contribution in [1.82, 2.24) is 4.90 Å². The molecule has 0 atom stereocenters. The fourth-order valence-electron chi connectivity index (χ4n) is 2.16. The molecule has 0 saturated carbocycles. The minimum Gasteiger partial charge on any atom is -0.288 e. The molecule has 2 nitrogen and oxygen atoms in total. The molecule has 0 spiro atoms. The second kappa shape index (κ2) is 7.05. The molecule has 2 aromatic carbocycles. The van der Waals surface area contributed by atoms with Gasteiger partial charge in [0.1, 0.15) is 4.32 Å². The highest BCUT2D eigenvalue weighted by atomic mass is 35.5. The van der Waals surface area contributed by atoms with E-state index in [0.29, 0.717) is 25.8 Å². The summed E-state index contributed by atoms with van der Waals surface area (Å²) in [4.78, 5) is 14.8. The molecule has 2 aromatic rings. The zero-order valence-corrected chi connectivity index (χ0v) is 15.0. The van der Waals surface area contributed by atoms with E-state index < -0.39 is 0 Å². The van der Waals surface area contributed by atoms with Crippen molar-refractivity contribution in [2.24, 2.45) is 0 Å². The van der Waals surface area contributed by atoms with Crippen LogP contribution < -0.4 is 0 Å². The van der Waals surface area contributed by atoms with Crippen molar-refractivity contribution >= 4 is 63.5 Å². The third-order valence-electron chi connectivity index (χ3n) is 3.31. The van der Waals surface area contributed by atoms with Crippen LogP contribution in [0.15, 0.2) is 53.4 Å². The van der Waals surface area contributed by atoms with Crippen LogP contribution in [0, 0.1) is 0 Å². The molecule has 1 saturated heterocycles. The van der Waals surface area contributed by atoms with E-state index >= 15 is 0 Å². The van der Waals surface area contributed by atoms with Crippen LogP contribution in [0.2, 0.25) is 10.0 Å². The molecule has 0 aliphatic carbocycles. The number of rotatable bonds is 3. The molecule has 0 radical (unpaired) electrons. The first kappa shape index (κ1) is 16.5. The Morgan fingerprint density at radius 2 is 1.87 bits per heavy atom. The topological polar surface area (TPSA) is 20.3 Å². The van der Waals surface area contributed by atoms with Gasteiger partial charge in [-0.05, 0) is 29.3 Å². The van der Waals surface area contributed by atoms with Crippen molar-refractivity contribution in [2.45, 2.75) is 6.54 Å². The third-order valence-corrected chi connectivity index (χ3v) is 5.25. The van der Waals surface area contributed by atoms with Crippen molar-refractivity contribution in [3.05, 3.63) is 74.6 Å². The quantitative estimate of drug-likeness (QED) is 0.526. The first-order valence-corrected chi connectivity index (χ1v) is 8.77. The minimum atomic E-state index is -0.102. The van der Waals surface area contributed by atoms with E-state index in [9.17, 15) is 4.79 Å². The molecule has 23 heavy (non-hydrogen) atoms. The maximum atomic E-state index is 12.6. The molecule has 0 N–H and O–H groups in total. The summed E-state index contributed by atoms with van der Waals surface area (Å²) in [5.74, 6) is -0.102. The Morgan fingerprint density at radius 3 is 2.57 bits per heavy atom. The van der Waals surface area contributed by atoms with E-state index in [4.69, 9.17) is 35.4 Å². The maximum Gasteiger partial charge on any atom is 0.266 e. The van der Waals surface area contributed by atoms with E-state index in [0.717, 1.165) is 11.1 Å². The summed E-state index contributed by atoms with van der Waals surface area (Å²) in [6.07, 6.45) is 1.75. The zero-order chi connectivity index (χ0) is 16.4. The van der Waals surface area contributed by atoms with Gasteiger partial charge in [-0.15, -0.1) is 0 Å². The molecule has 1 aliphatic heterocycles. The first-order valence-electron chi connectivity index (χ1n) is 6.79. The molecular weight excluding hydrogens is 369 g/mol. The number of carbonyl (C=O) groups excluding carboxylic acids is 1. The normalized spacial score (nSPS) is 16.4. The lowest BCUT2D eigenvalue weighted by Crippen LogP contribution is -2.27. The molecule has 0 bridgehead atoms. The summed E-state index contributed by atoms with van der Waals surface area (Å²) in [5.41, 5.74) is 1.78. The number of halogens is 2. The Hall–Kier alpha value is -1.33. The predicted molar refractivity (Wildman–Crippen MR) is 102 cm³/mol. The van der Waals surface area contributed by atoms with Crippen molar-refractivity contribution in [1.29, 1.82) is 0 Å². The van der Waals surface area contributed by atoms with Gasteiger partial charge in [0.15, 0.2) is 0 Å². The lowest BCUT2D eigenvalue weighted by atomic mass is 10.2. The average Bonchev–Trinajstić information content (AvgIpc) is 2.79. The number of hydrogen-bond donors (Lipinski definition) is 0. The Labute approximate surface area is 154 Å². The number of thioether (sulfide) groups is 1. The third kappa shape index (κ3) is 3.78. The van der Waals surface area contributed by atoms with Crippen LogP contribution in [-0.2, 0) is 11.3 Å². The van der Waals surface area contributed by atoms with Gasteiger partial charge in [-0.25, -0.2) is 0 Å². The molecule has 3 rings (SSSR count). The lowest BCUT2D eigenvalue weighted by Gasteiger charge is -2.14.